The fourth-order valence-corrected chi connectivity index (χ4v) is 8.89. The fraction of sp³-hybridized carbons (Fsp3) is 0. The van der Waals surface area contributed by atoms with Crippen molar-refractivity contribution in [1.82, 2.24) is 9.13 Å². The van der Waals surface area contributed by atoms with E-state index in [4.69, 9.17) is 8.83 Å². The lowest BCUT2D eigenvalue weighted by atomic mass is 9.99. The summed E-state index contributed by atoms with van der Waals surface area (Å²) in [6.07, 6.45) is 0. The first-order valence-electron chi connectivity index (χ1n) is 18.5. The van der Waals surface area contributed by atoms with Crippen LogP contribution in [0.5, 0.6) is 0 Å². The second-order valence-corrected chi connectivity index (χ2v) is 14.3. The highest BCUT2D eigenvalue weighted by Crippen LogP contribution is 2.41. The van der Waals surface area contributed by atoms with Gasteiger partial charge >= 0.3 is 0 Å². The van der Waals surface area contributed by atoms with Crippen molar-refractivity contribution in [2.75, 3.05) is 0 Å². The van der Waals surface area contributed by atoms with Gasteiger partial charge in [-0.15, -0.1) is 0 Å². The first-order chi connectivity index (χ1) is 27.7. The molecular weight excluding hydrogens is 689 g/mol. The smallest absolute Gasteiger partial charge is 0.137 e. The van der Waals surface area contributed by atoms with Crippen LogP contribution in [0.1, 0.15) is 11.1 Å². The van der Waals surface area contributed by atoms with Gasteiger partial charge in [0.1, 0.15) is 34.5 Å². The maximum atomic E-state index is 10.6. The van der Waals surface area contributed by atoms with E-state index in [0.717, 1.165) is 110 Å². The molecule has 0 amide bonds. The van der Waals surface area contributed by atoms with E-state index in [0.29, 0.717) is 11.1 Å². The van der Waals surface area contributed by atoms with Crippen molar-refractivity contribution in [2.45, 2.75) is 0 Å². The molecule has 12 rings (SSSR count). The Kier molecular flexibility index (Phi) is 6.10. The van der Waals surface area contributed by atoms with Crippen LogP contribution in [0.3, 0.4) is 0 Å². The number of furan rings is 2. The summed E-state index contributed by atoms with van der Waals surface area (Å²) < 4.78 is 16.9. The molecule has 0 atom stereocenters. The zero-order valence-corrected chi connectivity index (χ0v) is 29.6. The van der Waals surface area contributed by atoms with E-state index >= 15 is 0 Å². The Balaban J connectivity index is 1.02. The van der Waals surface area contributed by atoms with Crippen LogP contribution >= 0.6 is 0 Å². The molecule has 258 valence electrons. The molecule has 12 aromatic rings. The SMILES string of the molecule is N#Cc1cc(-c2ccc(-n3c4ccccc4c4cc5c(cc43)oc3ccccc35)c(C#N)c2)ccc1-n1c2ccccc2c2cc3c(cc21)oc1ccccc13. The van der Waals surface area contributed by atoms with Crippen molar-refractivity contribution in [1.29, 1.82) is 10.5 Å². The number of para-hydroxylation sites is 4. The quantitative estimate of drug-likeness (QED) is 0.182. The van der Waals surface area contributed by atoms with E-state index in [9.17, 15) is 10.5 Å². The van der Waals surface area contributed by atoms with Crippen LogP contribution in [-0.2, 0) is 0 Å². The molecule has 0 radical (unpaired) electrons. The monoisotopic (exact) mass is 714 g/mol. The lowest BCUT2D eigenvalue weighted by Crippen LogP contribution is -1.99. The van der Waals surface area contributed by atoms with Crippen LogP contribution in [0.15, 0.2) is 167 Å². The van der Waals surface area contributed by atoms with Gasteiger partial charge in [-0.2, -0.15) is 10.5 Å². The minimum absolute atomic E-state index is 0.523. The van der Waals surface area contributed by atoms with Crippen molar-refractivity contribution >= 4 is 87.5 Å². The first-order valence-corrected chi connectivity index (χ1v) is 18.5. The van der Waals surface area contributed by atoms with Gasteiger partial charge in [-0.1, -0.05) is 84.9 Å². The normalized spacial score (nSPS) is 11.9. The van der Waals surface area contributed by atoms with Gasteiger partial charge in [-0.05, 0) is 71.8 Å². The Morgan fingerprint density at radius 1 is 0.339 bits per heavy atom. The van der Waals surface area contributed by atoms with Gasteiger partial charge in [0, 0.05) is 55.2 Å². The van der Waals surface area contributed by atoms with Crippen molar-refractivity contribution in [3.63, 3.8) is 0 Å². The molecule has 0 aliphatic heterocycles. The maximum Gasteiger partial charge on any atom is 0.137 e. The molecule has 0 spiro atoms. The molecule has 0 aliphatic rings. The third-order valence-corrected chi connectivity index (χ3v) is 11.4. The standard InChI is InChI=1S/C50H26N4O2/c51-27-31-21-29(17-19-41(31)53-43-13-5-1-9-33(43)37-23-39-35-11-3-7-15-47(35)55-49(39)25-45(37)53)30-18-20-42(32(22-30)28-52)54-44-14-6-2-10-34(44)38-24-40-36-12-4-8-16-48(36)56-50(40)26-46(38)54/h1-26H. The Labute approximate surface area is 318 Å². The predicted molar refractivity (Wildman–Crippen MR) is 225 cm³/mol. The molecule has 4 heterocycles. The van der Waals surface area contributed by atoms with Gasteiger partial charge in [0.2, 0.25) is 0 Å². The zero-order chi connectivity index (χ0) is 37.1. The molecule has 4 aromatic heterocycles. The van der Waals surface area contributed by atoms with Gasteiger partial charge in [-0.3, -0.25) is 0 Å². The highest BCUT2D eigenvalue weighted by molar-refractivity contribution is 6.19. The molecule has 0 bridgehead atoms. The van der Waals surface area contributed by atoms with Crippen LogP contribution in [0, 0.1) is 22.7 Å². The largest absolute Gasteiger partial charge is 0.456 e. The summed E-state index contributed by atoms with van der Waals surface area (Å²) in [5.74, 6) is 0. The molecule has 6 nitrogen and oxygen atoms in total. The van der Waals surface area contributed by atoms with Crippen LogP contribution in [0.4, 0.5) is 0 Å². The summed E-state index contributed by atoms with van der Waals surface area (Å²) in [7, 11) is 0. The molecule has 0 saturated heterocycles. The highest BCUT2D eigenvalue weighted by atomic mass is 16.3. The van der Waals surface area contributed by atoms with Crippen LogP contribution < -0.4 is 0 Å². The highest BCUT2D eigenvalue weighted by Gasteiger charge is 2.21. The predicted octanol–water partition coefficient (Wildman–Crippen LogP) is 13.1. The van der Waals surface area contributed by atoms with Gasteiger partial charge in [0.25, 0.3) is 0 Å². The Hall–Kier alpha value is -8.06. The number of nitriles is 2. The van der Waals surface area contributed by atoms with E-state index < -0.39 is 0 Å². The third kappa shape index (κ3) is 4.13. The third-order valence-electron chi connectivity index (χ3n) is 11.4. The topological polar surface area (TPSA) is 83.7 Å². The number of hydrogen-bond donors (Lipinski definition) is 0. The van der Waals surface area contributed by atoms with E-state index in [1.807, 2.05) is 97.1 Å². The fourth-order valence-electron chi connectivity index (χ4n) is 8.89. The summed E-state index contributed by atoms with van der Waals surface area (Å²) in [6.45, 7) is 0. The summed E-state index contributed by atoms with van der Waals surface area (Å²) >= 11 is 0. The van der Waals surface area contributed by atoms with E-state index in [2.05, 4.69) is 81.9 Å². The molecule has 0 aliphatic carbocycles. The summed E-state index contributed by atoms with van der Waals surface area (Å²) in [5.41, 5.74) is 11.5. The first kappa shape index (κ1) is 30.4. The minimum Gasteiger partial charge on any atom is -0.456 e. The molecule has 6 heteroatoms. The molecule has 56 heavy (non-hydrogen) atoms. The Bertz CT molecular complexity index is 3500. The van der Waals surface area contributed by atoms with Crippen LogP contribution in [0.2, 0.25) is 0 Å². The van der Waals surface area contributed by atoms with Crippen molar-refractivity contribution < 1.29 is 8.83 Å². The van der Waals surface area contributed by atoms with E-state index in [1.165, 1.54) is 0 Å². The second kappa shape index (κ2) is 11.2. The molecular formula is C50H26N4O2. The van der Waals surface area contributed by atoms with Crippen molar-refractivity contribution in [2.24, 2.45) is 0 Å². The number of aromatic nitrogens is 2. The minimum atomic E-state index is 0.523. The van der Waals surface area contributed by atoms with Crippen LogP contribution in [0.25, 0.3) is 110 Å². The van der Waals surface area contributed by atoms with Crippen molar-refractivity contribution in [3.8, 4) is 34.6 Å². The lowest BCUT2D eigenvalue weighted by molar-refractivity contribution is 0.669. The average molecular weight is 715 g/mol. The van der Waals surface area contributed by atoms with Gasteiger partial charge in [-0.25, -0.2) is 0 Å². The maximum absolute atomic E-state index is 10.6. The van der Waals surface area contributed by atoms with E-state index in [-0.39, 0.29) is 0 Å². The van der Waals surface area contributed by atoms with Gasteiger partial charge in [0.15, 0.2) is 0 Å². The molecule has 0 fully saturated rings. The number of hydrogen-bond acceptors (Lipinski definition) is 4. The van der Waals surface area contributed by atoms with Gasteiger partial charge < -0.3 is 18.0 Å². The Morgan fingerprint density at radius 3 is 1.20 bits per heavy atom. The number of benzene rings is 8. The average Bonchev–Trinajstić information content (AvgIpc) is 3.98. The molecule has 0 saturated carbocycles. The summed E-state index contributed by atoms with van der Waals surface area (Å²) in [5, 5.41) is 30.0. The van der Waals surface area contributed by atoms with E-state index in [1.54, 1.807) is 0 Å². The molecule has 8 aromatic carbocycles. The summed E-state index contributed by atoms with van der Waals surface area (Å²) in [4.78, 5) is 0. The van der Waals surface area contributed by atoms with Crippen molar-refractivity contribution in [3.05, 3.63) is 169 Å². The van der Waals surface area contributed by atoms with Gasteiger partial charge in [0.05, 0.1) is 44.6 Å². The zero-order valence-electron chi connectivity index (χ0n) is 29.6. The summed E-state index contributed by atoms with van der Waals surface area (Å²) in [6, 6.07) is 58.3. The molecule has 0 unspecified atom stereocenters. The lowest BCUT2D eigenvalue weighted by Gasteiger charge is -2.14. The number of fused-ring (bicyclic) bond motifs is 12. The molecule has 0 N–H and O–H groups in total. The second-order valence-electron chi connectivity index (χ2n) is 14.3. The number of nitrogens with zero attached hydrogens (tertiary/aromatic N) is 4. The number of rotatable bonds is 3. The Morgan fingerprint density at radius 2 is 0.750 bits per heavy atom. The van der Waals surface area contributed by atoms with Crippen LogP contribution in [-0.4, -0.2) is 9.13 Å².